The molecule has 3 rings (SSSR count). The van der Waals surface area contributed by atoms with E-state index in [1.165, 1.54) is 15.6 Å². The molecule has 0 bridgehead atoms. The van der Waals surface area contributed by atoms with Gasteiger partial charge in [0.05, 0.1) is 6.10 Å². The Morgan fingerprint density at radius 1 is 1.36 bits per heavy atom. The Bertz CT molecular complexity index is 382. The van der Waals surface area contributed by atoms with Crippen molar-refractivity contribution in [3.8, 4) is 0 Å². The summed E-state index contributed by atoms with van der Waals surface area (Å²) in [7, 11) is 0. The largest absolute Gasteiger partial charge is 0.392 e. The van der Waals surface area contributed by atoms with E-state index in [1.54, 1.807) is 0 Å². The van der Waals surface area contributed by atoms with E-state index in [-0.39, 0.29) is 11.5 Å². The number of halogens is 1. The molecule has 14 heavy (non-hydrogen) atoms. The van der Waals surface area contributed by atoms with E-state index in [2.05, 4.69) is 34.1 Å². The molecule has 0 aromatic heterocycles. The maximum absolute atomic E-state index is 10.0. The van der Waals surface area contributed by atoms with Gasteiger partial charge >= 0.3 is 0 Å². The minimum absolute atomic E-state index is 0.107. The molecule has 0 amide bonds. The van der Waals surface area contributed by atoms with Crippen LogP contribution in [0.25, 0.3) is 0 Å². The molecule has 1 fully saturated rings. The normalized spacial score (nSPS) is 27.4. The summed E-state index contributed by atoms with van der Waals surface area (Å²) in [4.78, 5) is 0. The number of aliphatic hydroxyl groups excluding tert-OH is 1. The average molecular weight is 253 g/mol. The van der Waals surface area contributed by atoms with Gasteiger partial charge in [-0.1, -0.05) is 28.1 Å². The molecule has 2 aliphatic rings. The Labute approximate surface area is 92.3 Å². The first-order valence-electron chi connectivity index (χ1n) is 5.20. The van der Waals surface area contributed by atoms with Crippen molar-refractivity contribution in [1.82, 2.24) is 0 Å². The summed E-state index contributed by atoms with van der Waals surface area (Å²) < 4.78 is 1.22. The van der Waals surface area contributed by atoms with Crippen LogP contribution >= 0.6 is 15.9 Å². The molecule has 1 unspecified atom stereocenters. The van der Waals surface area contributed by atoms with Gasteiger partial charge in [-0.25, -0.2) is 0 Å². The standard InChI is InChI=1S/C12H13BrO/c13-10-3-1-2-9-8(10)4-5-11(14)12(9)6-7-12/h1-3,11,14H,4-7H2. The zero-order chi connectivity index (χ0) is 9.76. The zero-order valence-corrected chi connectivity index (χ0v) is 9.55. The molecule has 0 heterocycles. The van der Waals surface area contributed by atoms with Crippen molar-refractivity contribution >= 4 is 15.9 Å². The second kappa shape index (κ2) is 2.83. The Morgan fingerprint density at radius 3 is 2.86 bits per heavy atom. The maximum atomic E-state index is 10.0. The molecule has 1 N–H and O–H groups in total. The van der Waals surface area contributed by atoms with Crippen molar-refractivity contribution in [2.45, 2.75) is 37.2 Å². The SMILES string of the molecule is OC1CCc2c(Br)cccc2C12CC2. The molecule has 74 valence electrons. The maximum Gasteiger partial charge on any atom is 0.0640 e. The van der Waals surface area contributed by atoms with Gasteiger partial charge in [-0.2, -0.15) is 0 Å². The molecule has 0 aliphatic heterocycles. The van der Waals surface area contributed by atoms with Gasteiger partial charge in [-0.15, -0.1) is 0 Å². The molecule has 1 spiro atoms. The number of hydrogen-bond acceptors (Lipinski definition) is 1. The van der Waals surface area contributed by atoms with E-state index in [0.717, 1.165) is 25.7 Å². The lowest BCUT2D eigenvalue weighted by atomic mass is 9.78. The number of rotatable bonds is 0. The fraction of sp³-hybridized carbons (Fsp3) is 0.500. The smallest absolute Gasteiger partial charge is 0.0640 e. The summed E-state index contributed by atoms with van der Waals surface area (Å²) >= 11 is 3.60. The molecular formula is C12H13BrO. The molecule has 0 radical (unpaired) electrons. The minimum Gasteiger partial charge on any atom is -0.392 e. The van der Waals surface area contributed by atoms with Crippen LogP contribution in [0.4, 0.5) is 0 Å². The first kappa shape index (κ1) is 8.93. The fourth-order valence-electron chi connectivity index (χ4n) is 2.75. The van der Waals surface area contributed by atoms with Crippen molar-refractivity contribution in [1.29, 1.82) is 0 Å². The highest BCUT2D eigenvalue weighted by Gasteiger charge is 2.52. The molecule has 2 aliphatic carbocycles. The third-order valence-corrected chi connectivity index (χ3v) is 4.49. The zero-order valence-electron chi connectivity index (χ0n) is 7.96. The molecule has 1 aromatic rings. The Balaban J connectivity index is 2.18. The summed E-state index contributed by atoms with van der Waals surface area (Å²) in [6, 6.07) is 6.38. The summed E-state index contributed by atoms with van der Waals surface area (Å²) in [5.74, 6) is 0. The van der Waals surface area contributed by atoms with Gasteiger partial charge in [0.1, 0.15) is 0 Å². The Morgan fingerprint density at radius 2 is 2.14 bits per heavy atom. The van der Waals surface area contributed by atoms with E-state index in [1.807, 2.05) is 0 Å². The van der Waals surface area contributed by atoms with Gasteiger partial charge in [0.15, 0.2) is 0 Å². The summed E-state index contributed by atoms with van der Waals surface area (Å²) in [6.07, 6.45) is 4.16. The second-order valence-corrected chi connectivity index (χ2v) is 5.33. The number of benzene rings is 1. The number of hydrogen-bond donors (Lipinski definition) is 1. The van der Waals surface area contributed by atoms with Crippen LogP contribution in [0.3, 0.4) is 0 Å². The lowest BCUT2D eigenvalue weighted by Gasteiger charge is -2.31. The van der Waals surface area contributed by atoms with Crippen LogP contribution in [0.2, 0.25) is 0 Å². The van der Waals surface area contributed by atoms with Gasteiger partial charge in [-0.05, 0) is 42.9 Å². The number of fused-ring (bicyclic) bond motifs is 2. The molecule has 1 aromatic carbocycles. The molecule has 0 saturated heterocycles. The molecular weight excluding hydrogens is 240 g/mol. The van der Waals surface area contributed by atoms with Crippen LogP contribution in [0.15, 0.2) is 22.7 Å². The van der Waals surface area contributed by atoms with Gasteiger partial charge in [0.25, 0.3) is 0 Å². The average Bonchev–Trinajstić information content (AvgIpc) is 2.94. The van der Waals surface area contributed by atoms with E-state index in [9.17, 15) is 5.11 Å². The van der Waals surface area contributed by atoms with E-state index >= 15 is 0 Å². The topological polar surface area (TPSA) is 20.2 Å². The summed E-state index contributed by atoms with van der Waals surface area (Å²) in [5.41, 5.74) is 2.96. The molecule has 1 nitrogen and oxygen atoms in total. The Kier molecular flexibility index (Phi) is 1.80. The lowest BCUT2D eigenvalue weighted by Crippen LogP contribution is -2.31. The van der Waals surface area contributed by atoms with E-state index in [4.69, 9.17) is 0 Å². The highest BCUT2D eigenvalue weighted by molar-refractivity contribution is 9.10. The third-order valence-electron chi connectivity index (χ3n) is 3.75. The van der Waals surface area contributed by atoms with Crippen molar-refractivity contribution in [3.63, 3.8) is 0 Å². The highest BCUT2D eigenvalue weighted by Crippen LogP contribution is 2.56. The van der Waals surface area contributed by atoms with E-state index < -0.39 is 0 Å². The van der Waals surface area contributed by atoms with Crippen LogP contribution in [0.1, 0.15) is 30.4 Å². The van der Waals surface area contributed by atoms with Crippen LogP contribution < -0.4 is 0 Å². The van der Waals surface area contributed by atoms with Crippen molar-refractivity contribution < 1.29 is 5.11 Å². The molecule has 1 atom stereocenters. The first-order chi connectivity index (χ1) is 6.74. The first-order valence-corrected chi connectivity index (χ1v) is 5.99. The van der Waals surface area contributed by atoms with Crippen LogP contribution in [-0.4, -0.2) is 11.2 Å². The molecule has 2 heteroatoms. The monoisotopic (exact) mass is 252 g/mol. The quantitative estimate of drug-likeness (QED) is 0.753. The van der Waals surface area contributed by atoms with Gasteiger partial charge in [0.2, 0.25) is 0 Å². The van der Waals surface area contributed by atoms with Crippen LogP contribution in [0.5, 0.6) is 0 Å². The fourth-order valence-corrected chi connectivity index (χ4v) is 3.32. The van der Waals surface area contributed by atoms with Crippen molar-refractivity contribution in [3.05, 3.63) is 33.8 Å². The van der Waals surface area contributed by atoms with Crippen molar-refractivity contribution in [2.75, 3.05) is 0 Å². The van der Waals surface area contributed by atoms with Gasteiger partial charge in [0, 0.05) is 9.89 Å². The number of aliphatic hydroxyl groups is 1. The van der Waals surface area contributed by atoms with Crippen LogP contribution in [-0.2, 0) is 11.8 Å². The van der Waals surface area contributed by atoms with Crippen LogP contribution in [0, 0.1) is 0 Å². The summed E-state index contributed by atoms with van der Waals surface area (Å²) in [6.45, 7) is 0. The van der Waals surface area contributed by atoms with E-state index in [0.29, 0.717) is 0 Å². The summed E-state index contributed by atoms with van der Waals surface area (Å²) in [5, 5.41) is 10.0. The predicted octanol–water partition coefficient (Wildman–Crippen LogP) is 2.79. The second-order valence-electron chi connectivity index (χ2n) is 4.48. The van der Waals surface area contributed by atoms with Gasteiger partial charge < -0.3 is 5.11 Å². The molecule has 1 saturated carbocycles. The third kappa shape index (κ3) is 1.04. The highest BCUT2D eigenvalue weighted by atomic mass is 79.9. The Hall–Kier alpha value is -0.340. The lowest BCUT2D eigenvalue weighted by molar-refractivity contribution is 0.114. The minimum atomic E-state index is -0.107. The predicted molar refractivity (Wildman–Crippen MR) is 59.4 cm³/mol. The van der Waals surface area contributed by atoms with Gasteiger partial charge in [-0.3, -0.25) is 0 Å². The van der Waals surface area contributed by atoms with Crippen molar-refractivity contribution in [2.24, 2.45) is 0 Å².